The van der Waals surface area contributed by atoms with Crippen molar-refractivity contribution in [1.82, 2.24) is 15.1 Å². The summed E-state index contributed by atoms with van der Waals surface area (Å²) in [6.45, 7) is 7.93. The topological polar surface area (TPSA) is 50.1 Å². The fraction of sp³-hybridized carbons (Fsp3) is 0.750. The quantitative estimate of drug-likeness (QED) is 0.879. The minimum atomic E-state index is -0.787. The summed E-state index contributed by atoms with van der Waals surface area (Å²) < 4.78 is 2.83. The minimum Gasteiger partial charge on any atom is -0.383 e. The molecule has 4 nitrogen and oxygen atoms in total. The van der Waals surface area contributed by atoms with E-state index >= 15 is 0 Å². The largest absolute Gasteiger partial charge is 0.383 e. The highest BCUT2D eigenvalue weighted by Crippen LogP contribution is 2.39. The molecule has 2 heterocycles. The lowest BCUT2D eigenvalue weighted by molar-refractivity contribution is -0.0478. The van der Waals surface area contributed by atoms with Crippen molar-refractivity contribution in [3.05, 3.63) is 16.4 Å². The van der Waals surface area contributed by atoms with E-state index in [-0.39, 0.29) is 12.0 Å². The summed E-state index contributed by atoms with van der Waals surface area (Å²) in [5.74, 6) is 0.182. The lowest BCUT2D eigenvalue weighted by Crippen LogP contribution is -2.48. The third-order valence-electron chi connectivity index (χ3n) is 3.60. The predicted octanol–water partition coefficient (Wildman–Crippen LogP) is 2.04. The Kier molecular flexibility index (Phi) is 3.61. The van der Waals surface area contributed by atoms with Crippen LogP contribution in [0.3, 0.4) is 0 Å². The average Bonchev–Trinajstić information content (AvgIpc) is 2.65. The molecule has 0 aliphatic carbocycles. The summed E-state index contributed by atoms with van der Waals surface area (Å²) >= 11 is 3.52. The van der Waals surface area contributed by atoms with Crippen molar-refractivity contribution >= 4 is 15.9 Å². The van der Waals surface area contributed by atoms with Crippen LogP contribution >= 0.6 is 15.9 Å². The summed E-state index contributed by atoms with van der Waals surface area (Å²) in [5, 5.41) is 18.7. The number of hydrogen-bond acceptors (Lipinski definition) is 3. The molecule has 1 aromatic rings. The molecule has 17 heavy (non-hydrogen) atoms. The van der Waals surface area contributed by atoms with E-state index < -0.39 is 5.60 Å². The van der Waals surface area contributed by atoms with E-state index in [4.69, 9.17) is 0 Å². The van der Waals surface area contributed by atoms with Crippen molar-refractivity contribution < 1.29 is 5.11 Å². The average molecular weight is 302 g/mol. The fourth-order valence-electron chi connectivity index (χ4n) is 2.50. The SMILES string of the molecule is CC(C)n1ncc(Br)c1C1(O)CCNCC1C. The van der Waals surface area contributed by atoms with Crippen LogP contribution in [0.25, 0.3) is 0 Å². The number of piperidine rings is 1. The van der Waals surface area contributed by atoms with E-state index in [1.165, 1.54) is 0 Å². The molecule has 2 rings (SSSR count). The zero-order valence-corrected chi connectivity index (χ0v) is 12.2. The van der Waals surface area contributed by atoms with Crippen molar-refractivity contribution in [2.24, 2.45) is 5.92 Å². The van der Waals surface area contributed by atoms with Gasteiger partial charge in [0, 0.05) is 18.5 Å². The highest BCUT2D eigenvalue weighted by Gasteiger charge is 2.42. The van der Waals surface area contributed by atoms with Crippen LogP contribution < -0.4 is 5.32 Å². The number of rotatable bonds is 2. The van der Waals surface area contributed by atoms with Crippen molar-refractivity contribution in [2.75, 3.05) is 13.1 Å². The molecule has 96 valence electrons. The van der Waals surface area contributed by atoms with Crippen LogP contribution in [-0.4, -0.2) is 28.0 Å². The van der Waals surface area contributed by atoms with Gasteiger partial charge in [-0.25, -0.2) is 0 Å². The molecule has 0 saturated carbocycles. The Morgan fingerprint density at radius 1 is 1.65 bits per heavy atom. The molecule has 2 N–H and O–H groups in total. The van der Waals surface area contributed by atoms with Crippen molar-refractivity contribution in [3.63, 3.8) is 0 Å². The predicted molar refractivity (Wildman–Crippen MR) is 70.9 cm³/mol. The van der Waals surface area contributed by atoms with Crippen LogP contribution in [0, 0.1) is 5.92 Å². The first-order valence-electron chi connectivity index (χ1n) is 6.13. The Morgan fingerprint density at radius 3 is 2.94 bits per heavy atom. The number of hydrogen-bond donors (Lipinski definition) is 2. The van der Waals surface area contributed by atoms with Crippen LogP contribution in [0.5, 0.6) is 0 Å². The lowest BCUT2D eigenvalue weighted by atomic mass is 9.80. The van der Waals surface area contributed by atoms with Gasteiger partial charge in [-0.05, 0) is 42.7 Å². The van der Waals surface area contributed by atoms with Gasteiger partial charge in [0.05, 0.1) is 16.4 Å². The first-order chi connectivity index (χ1) is 7.97. The summed E-state index contributed by atoms with van der Waals surface area (Å²) in [5.41, 5.74) is 0.131. The number of aliphatic hydroxyl groups is 1. The summed E-state index contributed by atoms with van der Waals surface area (Å²) in [4.78, 5) is 0. The van der Waals surface area contributed by atoms with E-state index in [9.17, 15) is 5.11 Å². The molecule has 1 aromatic heterocycles. The van der Waals surface area contributed by atoms with Gasteiger partial charge in [0.15, 0.2) is 0 Å². The molecule has 0 amide bonds. The molecule has 1 fully saturated rings. The highest BCUT2D eigenvalue weighted by molar-refractivity contribution is 9.10. The summed E-state index contributed by atoms with van der Waals surface area (Å²) in [6, 6.07) is 0.252. The maximum atomic E-state index is 11.0. The zero-order valence-electron chi connectivity index (χ0n) is 10.6. The Morgan fingerprint density at radius 2 is 2.35 bits per heavy atom. The standard InChI is InChI=1S/C12H20BrN3O/c1-8(2)16-11(10(13)7-15-16)12(17)4-5-14-6-9(12)3/h7-9,14,17H,4-6H2,1-3H3. The van der Waals surface area contributed by atoms with Crippen LogP contribution in [-0.2, 0) is 5.60 Å². The molecule has 1 aliphatic heterocycles. The third kappa shape index (κ3) is 2.16. The Hall–Kier alpha value is -0.390. The molecule has 5 heteroatoms. The number of nitrogens with one attached hydrogen (secondary N) is 1. The van der Waals surface area contributed by atoms with Gasteiger partial charge in [-0.1, -0.05) is 6.92 Å². The minimum absolute atomic E-state index is 0.182. The molecule has 0 radical (unpaired) electrons. The van der Waals surface area contributed by atoms with Crippen molar-refractivity contribution in [2.45, 2.75) is 38.8 Å². The maximum absolute atomic E-state index is 11.0. The normalized spacial score (nSPS) is 29.9. The summed E-state index contributed by atoms with van der Waals surface area (Å²) in [6.07, 6.45) is 2.51. The van der Waals surface area contributed by atoms with E-state index in [1.54, 1.807) is 6.20 Å². The second-order valence-electron chi connectivity index (χ2n) is 5.16. The van der Waals surface area contributed by atoms with Crippen LogP contribution in [0.2, 0.25) is 0 Å². The number of halogens is 1. The highest BCUT2D eigenvalue weighted by atomic mass is 79.9. The van der Waals surface area contributed by atoms with Crippen molar-refractivity contribution in [1.29, 1.82) is 0 Å². The molecule has 2 unspecified atom stereocenters. The maximum Gasteiger partial charge on any atom is 0.112 e. The van der Waals surface area contributed by atoms with E-state index in [1.807, 2.05) is 4.68 Å². The Bertz CT molecular complexity index is 404. The van der Waals surface area contributed by atoms with Gasteiger partial charge in [0.1, 0.15) is 5.60 Å². The second kappa shape index (κ2) is 4.71. The van der Waals surface area contributed by atoms with Gasteiger partial charge >= 0.3 is 0 Å². The van der Waals surface area contributed by atoms with Gasteiger partial charge in [-0.2, -0.15) is 5.10 Å². The first-order valence-corrected chi connectivity index (χ1v) is 6.92. The Balaban J connectivity index is 2.47. The molecular formula is C12H20BrN3O. The molecule has 1 aliphatic rings. The van der Waals surface area contributed by atoms with E-state index in [0.717, 1.165) is 29.7 Å². The molecule has 0 aromatic carbocycles. The van der Waals surface area contributed by atoms with Crippen LogP contribution in [0.15, 0.2) is 10.7 Å². The van der Waals surface area contributed by atoms with E-state index in [2.05, 4.69) is 47.1 Å². The molecule has 2 atom stereocenters. The fourth-order valence-corrected chi connectivity index (χ4v) is 3.12. The first kappa shape index (κ1) is 13.1. The zero-order chi connectivity index (χ0) is 12.6. The molecular weight excluding hydrogens is 282 g/mol. The van der Waals surface area contributed by atoms with Crippen molar-refractivity contribution in [3.8, 4) is 0 Å². The van der Waals surface area contributed by atoms with Crippen LogP contribution in [0.4, 0.5) is 0 Å². The smallest absolute Gasteiger partial charge is 0.112 e. The van der Waals surface area contributed by atoms with Gasteiger partial charge < -0.3 is 10.4 Å². The van der Waals surface area contributed by atoms with Gasteiger partial charge in [-0.3, -0.25) is 4.68 Å². The van der Waals surface area contributed by atoms with Crippen LogP contribution in [0.1, 0.15) is 38.9 Å². The Labute approximate surface area is 111 Å². The molecule has 0 bridgehead atoms. The second-order valence-corrected chi connectivity index (χ2v) is 6.01. The van der Waals surface area contributed by atoms with Gasteiger partial charge in [0.2, 0.25) is 0 Å². The third-order valence-corrected chi connectivity index (χ3v) is 4.18. The lowest BCUT2D eigenvalue weighted by Gasteiger charge is -2.39. The molecule has 1 saturated heterocycles. The van der Waals surface area contributed by atoms with Gasteiger partial charge in [-0.15, -0.1) is 0 Å². The number of aromatic nitrogens is 2. The monoisotopic (exact) mass is 301 g/mol. The molecule has 0 spiro atoms. The summed E-state index contributed by atoms with van der Waals surface area (Å²) in [7, 11) is 0. The van der Waals surface area contributed by atoms with E-state index in [0.29, 0.717) is 0 Å². The van der Waals surface area contributed by atoms with Gasteiger partial charge in [0.25, 0.3) is 0 Å². The number of nitrogens with zero attached hydrogens (tertiary/aromatic N) is 2.